The van der Waals surface area contributed by atoms with Gasteiger partial charge in [-0.2, -0.15) is 0 Å². The first kappa shape index (κ1) is 22.9. The third-order valence-electron chi connectivity index (χ3n) is 5.34. The van der Waals surface area contributed by atoms with Gasteiger partial charge in [-0.05, 0) is 57.2 Å². The predicted octanol–water partition coefficient (Wildman–Crippen LogP) is 2.85. The lowest BCUT2D eigenvalue weighted by Crippen LogP contribution is -2.49. The van der Waals surface area contributed by atoms with Gasteiger partial charge in [-0.25, -0.2) is 0 Å². The van der Waals surface area contributed by atoms with Gasteiger partial charge >= 0.3 is 0 Å². The minimum absolute atomic E-state index is 0. The Kier molecular flexibility index (Phi) is 9.01. The summed E-state index contributed by atoms with van der Waals surface area (Å²) in [4.78, 5) is 17.1. The second-order valence-electron chi connectivity index (χ2n) is 7.34. The third kappa shape index (κ3) is 5.41. The van der Waals surface area contributed by atoms with Gasteiger partial charge in [-0.3, -0.25) is 4.79 Å². The Morgan fingerprint density at radius 1 is 1.23 bits per heavy atom. The minimum atomic E-state index is 0. The lowest BCUT2D eigenvalue weighted by atomic mass is 10.00. The second kappa shape index (κ2) is 10.2. The number of amides is 1. The summed E-state index contributed by atoms with van der Waals surface area (Å²) in [5, 5.41) is 3.23. The van der Waals surface area contributed by atoms with Crippen LogP contribution >= 0.6 is 24.8 Å². The normalized spacial score (nSPS) is 17.9. The first-order chi connectivity index (χ1) is 11.5. The summed E-state index contributed by atoms with van der Waals surface area (Å²) in [7, 11) is 0. The highest BCUT2D eigenvalue weighted by atomic mass is 35.5. The van der Waals surface area contributed by atoms with Gasteiger partial charge in [0.25, 0.3) is 0 Å². The van der Waals surface area contributed by atoms with Gasteiger partial charge in [0.05, 0.1) is 6.54 Å². The summed E-state index contributed by atoms with van der Waals surface area (Å²) >= 11 is 0. The number of nitrogens with one attached hydrogen (secondary N) is 1. The molecule has 0 aromatic heterocycles. The molecule has 0 spiro atoms. The number of hydrogen-bond acceptors (Lipinski definition) is 4. The number of piperidine rings is 1. The fourth-order valence-corrected chi connectivity index (χ4v) is 3.90. The van der Waals surface area contributed by atoms with Gasteiger partial charge in [0.1, 0.15) is 0 Å². The van der Waals surface area contributed by atoms with Crippen LogP contribution in [-0.2, 0) is 11.2 Å². The number of likely N-dealkylation sites (tertiary alicyclic amines) is 1. The molecule has 0 aliphatic carbocycles. The zero-order valence-electron chi connectivity index (χ0n) is 15.7. The van der Waals surface area contributed by atoms with Crippen LogP contribution in [0.3, 0.4) is 0 Å². The van der Waals surface area contributed by atoms with E-state index in [1.165, 1.54) is 5.56 Å². The number of hydrogen-bond donors (Lipinski definition) is 2. The molecule has 0 bridgehead atoms. The van der Waals surface area contributed by atoms with Crippen molar-refractivity contribution in [3.05, 3.63) is 23.8 Å². The summed E-state index contributed by atoms with van der Waals surface area (Å²) in [5.41, 5.74) is 9.26. The summed E-state index contributed by atoms with van der Waals surface area (Å²) in [6.45, 7) is 7.98. The maximum absolute atomic E-state index is 12.5. The average Bonchev–Trinajstić information content (AvgIpc) is 2.56. The zero-order valence-corrected chi connectivity index (χ0v) is 17.4. The molecule has 148 valence electrons. The van der Waals surface area contributed by atoms with Crippen molar-refractivity contribution in [2.45, 2.75) is 51.6 Å². The standard InChI is InChI=1S/C19H30N4O.2ClH/c1-14(2)22-11-8-15(9-12-22)21-19(24)13-23-10-4-5-16-17(20)6-3-7-18(16)23;;/h3,6-7,14-15H,4-5,8-13,20H2,1-2H3,(H,21,24);2*1H. The van der Waals surface area contributed by atoms with Gasteiger partial charge in [0, 0.05) is 43.1 Å². The van der Waals surface area contributed by atoms with Crippen LogP contribution in [-0.4, -0.2) is 49.1 Å². The van der Waals surface area contributed by atoms with Gasteiger partial charge in [0.15, 0.2) is 0 Å². The first-order valence-corrected chi connectivity index (χ1v) is 9.20. The van der Waals surface area contributed by atoms with Crippen molar-refractivity contribution in [3.63, 3.8) is 0 Å². The molecule has 0 saturated carbocycles. The van der Waals surface area contributed by atoms with E-state index in [1.54, 1.807) is 0 Å². The Morgan fingerprint density at radius 2 is 1.92 bits per heavy atom. The van der Waals surface area contributed by atoms with Gasteiger partial charge in [0.2, 0.25) is 5.91 Å². The van der Waals surface area contributed by atoms with Crippen molar-refractivity contribution >= 4 is 42.1 Å². The molecular weight excluding hydrogens is 371 g/mol. The van der Waals surface area contributed by atoms with Crippen molar-refractivity contribution in [3.8, 4) is 0 Å². The van der Waals surface area contributed by atoms with E-state index in [4.69, 9.17) is 5.73 Å². The van der Waals surface area contributed by atoms with Crippen molar-refractivity contribution < 1.29 is 4.79 Å². The molecule has 2 aliphatic rings. The van der Waals surface area contributed by atoms with Crippen LogP contribution in [0.25, 0.3) is 0 Å². The number of carbonyl (C=O) groups excluding carboxylic acids is 1. The molecule has 0 atom stereocenters. The minimum Gasteiger partial charge on any atom is -0.398 e. The smallest absolute Gasteiger partial charge is 0.239 e. The summed E-state index contributed by atoms with van der Waals surface area (Å²) < 4.78 is 0. The van der Waals surface area contributed by atoms with Crippen LogP contribution in [0, 0.1) is 0 Å². The number of carbonyl (C=O) groups is 1. The zero-order chi connectivity index (χ0) is 17.1. The molecule has 1 amide bonds. The highest BCUT2D eigenvalue weighted by Gasteiger charge is 2.24. The van der Waals surface area contributed by atoms with E-state index in [0.717, 1.165) is 56.7 Å². The van der Waals surface area contributed by atoms with Crippen molar-refractivity contribution in [1.82, 2.24) is 10.2 Å². The number of nitrogens with two attached hydrogens (primary N) is 1. The Morgan fingerprint density at radius 3 is 2.58 bits per heavy atom. The molecule has 3 N–H and O–H groups in total. The molecule has 3 rings (SSSR count). The monoisotopic (exact) mass is 402 g/mol. The van der Waals surface area contributed by atoms with Crippen LogP contribution in [0.4, 0.5) is 11.4 Å². The van der Waals surface area contributed by atoms with Crippen LogP contribution in [0.5, 0.6) is 0 Å². The highest BCUT2D eigenvalue weighted by molar-refractivity contribution is 5.85. The van der Waals surface area contributed by atoms with Crippen LogP contribution in [0.15, 0.2) is 18.2 Å². The summed E-state index contributed by atoms with van der Waals surface area (Å²) in [6.07, 6.45) is 4.16. The maximum Gasteiger partial charge on any atom is 0.239 e. The number of nitrogen functional groups attached to an aromatic ring is 1. The third-order valence-corrected chi connectivity index (χ3v) is 5.34. The molecule has 1 aromatic rings. The largest absolute Gasteiger partial charge is 0.398 e. The lowest BCUT2D eigenvalue weighted by molar-refractivity contribution is -0.120. The fraction of sp³-hybridized carbons (Fsp3) is 0.632. The average molecular weight is 403 g/mol. The Labute approximate surface area is 169 Å². The van der Waals surface area contributed by atoms with Crippen LogP contribution < -0.4 is 16.0 Å². The molecule has 0 radical (unpaired) electrons. The number of benzene rings is 1. The number of fused-ring (bicyclic) bond motifs is 1. The molecule has 1 fully saturated rings. The predicted molar refractivity (Wildman–Crippen MR) is 114 cm³/mol. The molecule has 1 aromatic carbocycles. The van der Waals surface area contributed by atoms with Crippen LogP contribution in [0.1, 0.15) is 38.7 Å². The highest BCUT2D eigenvalue weighted by Crippen LogP contribution is 2.30. The van der Waals surface area contributed by atoms with E-state index in [0.29, 0.717) is 18.6 Å². The lowest BCUT2D eigenvalue weighted by Gasteiger charge is -2.36. The Balaban J connectivity index is 0.00000169. The number of nitrogens with zero attached hydrogens (tertiary/aromatic N) is 2. The molecule has 26 heavy (non-hydrogen) atoms. The van der Waals surface area contributed by atoms with Crippen molar-refractivity contribution in [1.29, 1.82) is 0 Å². The van der Waals surface area contributed by atoms with E-state index >= 15 is 0 Å². The molecular formula is C19H32Cl2N4O. The maximum atomic E-state index is 12.5. The molecule has 7 heteroatoms. The SMILES string of the molecule is CC(C)N1CCC(NC(=O)CN2CCCc3c(N)cccc32)CC1.Cl.Cl. The van der Waals surface area contributed by atoms with Crippen LogP contribution in [0.2, 0.25) is 0 Å². The van der Waals surface area contributed by atoms with E-state index in [-0.39, 0.29) is 30.7 Å². The molecule has 0 unspecified atom stereocenters. The molecule has 2 aliphatic heterocycles. The van der Waals surface area contributed by atoms with E-state index in [9.17, 15) is 4.79 Å². The Bertz CT molecular complexity index is 589. The topological polar surface area (TPSA) is 61.6 Å². The summed E-state index contributed by atoms with van der Waals surface area (Å²) in [5.74, 6) is 0.133. The van der Waals surface area contributed by atoms with Gasteiger partial charge < -0.3 is 20.9 Å². The molecule has 1 saturated heterocycles. The number of halogens is 2. The molecule has 5 nitrogen and oxygen atoms in total. The molecule has 2 heterocycles. The number of rotatable bonds is 4. The first-order valence-electron chi connectivity index (χ1n) is 9.20. The van der Waals surface area contributed by atoms with Gasteiger partial charge in [-0.1, -0.05) is 6.07 Å². The van der Waals surface area contributed by atoms with E-state index < -0.39 is 0 Å². The Hall–Kier alpha value is -1.17. The van der Waals surface area contributed by atoms with E-state index in [2.05, 4.69) is 35.0 Å². The van der Waals surface area contributed by atoms with Crippen molar-refractivity contribution in [2.24, 2.45) is 0 Å². The number of anilines is 2. The van der Waals surface area contributed by atoms with Gasteiger partial charge in [-0.15, -0.1) is 24.8 Å². The second-order valence-corrected chi connectivity index (χ2v) is 7.34. The van der Waals surface area contributed by atoms with E-state index in [1.807, 2.05) is 12.1 Å². The fourth-order valence-electron chi connectivity index (χ4n) is 3.90. The van der Waals surface area contributed by atoms with Crippen molar-refractivity contribution in [2.75, 3.05) is 36.8 Å². The summed E-state index contributed by atoms with van der Waals surface area (Å²) in [6, 6.07) is 6.92. The quantitative estimate of drug-likeness (QED) is 0.759.